The lowest BCUT2D eigenvalue weighted by molar-refractivity contribution is -0.119. The number of rotatable bonds is 5. The first kappa shape index (κ1) is 14.9. The van der Waals surface area contributed by atoms with Crippen LogP contribution in [-0.2, 0) is 4.79 Å². The van der Waals surface area contributed by atoms with Crippen LogP contribution in [0.25, 0.3) is 0 Å². The van der Waals surface area contributed by atoms with Crippen LogP contribution in [0.2, 0.25) is 0 Å². The van der Waals surface area contributed by atoms with Crippen LogP contribution < -0.4 is 10.2 Å². The van der Waals surface area contributed by atoms with Gasteiger partial charge >= 0.3 is 0 Å². The Labute approximate surface area is 110 Å². The zero-order valence-corrected chi connectivity index (χ0v) is 10.8. The predicted octanol–water partition coefficient (Wildman–Crippen LogP) is 1.80. The topological polar surface area (TPSA) is 56.1 Å². The maximum atomic E-state index is 13.7. The first-order chi connectivity index (χ1) is 8.99. The average Bonchev–Trinajstić information content (AvgIpc) is 2.35. The van der Waals surface area contributed by atoms with Gasteiger partial charge in [-0.2, -0.15) is 5.26 Å². The summed E-state index contributed by atoms with van der Waals surface area (Å²) < 4.78 is 27.4. The highest BCUT2D eigenvalue weighted by atomic mass is 19.1. The van der Waals surface area contributed by atoms with Crippen molar-refractivity contribution in [1.29, 1.82) is 5.26 Å². The standard InChI is InChI=1S/C13H15F2N3O/c1-3-4-17-12(19)8-18(2)13-10(14)5-9(7-16)6-11(13)15/h5-6H,3-4,8H2,1-2H3,(H,17,19). The van der Waals surface area contributed by atoms with E-state index in [2.05, 4.69) is 5.32 Å². The Balaban J connectivity index is 2.86. The maximum Gasteiger partial charge on any atom is 0.239 e. The number of amides is 1. The molecule has 1 amide bonds. The van der Waals surface area contributed by atoms with E-state index in [4.69, 9.17) is 5.26 Å². The first-order valence-corrected chi connectivity index (χ1v) is 5.86. The van der Waals surface area contributed by atoms with Gasteiger partial charge in [-0.1, -0.05) is 6.92 Å². The Morgan fingerprint density at radius 3 is 2.47 bits per heavy atom. The van der Waals surface area contributed by atoms with Gasteiger partial charge in [0.05, 0.1) is 18.2 Å². The molecule has 0 heterocycles. The van der Waals surface area contributed by atoms with Crippen molar-refractivity contribution in [3.8, 4) is 6.07 Å². The van der Waals surface area contributed by atoms with Crippen LogP contribution in [0.15, 0.2) is 12.1 Å². The SMILES string of the molecule is CCCNC(=O)CN(C)c1c(F)cc(C#N)cc1F. The van der Waals surface area contributed by atoms with Crippen LogP contribution >= 0.6 is 0 Å². The third-order valence-corrected chi connectivity index (χ3v) is 2.48. The lowest BCUT2D eigenvalue weighted by Crippen LogP contribution is -2.36. The van der Waals surface area contributed by atoms with E-state index >= 15 is 0 Å². The molecule has 0 aromatic heterocycles. The summed E-state index contributed by atoms with van der Waals surface area (Å²) in [5, 5.41) is 11.2. The van der Waals surface area contributed by atoms with E-state index in [1.54, 1.807) is 6.07 Å². The highest BCUT2D eigenvalue weighted by molar-refractivity contribution is 5.81. The number of nitrogens with zero attached hydrogens (tertiary/aromatic N) is 2. The summed E-state index contributed by atoms with van der Waals surface area (Å²) in [4.78, 5) is 12.7. The Morgan fingerprint density at radius 2 is 2.00 bits per heavy atom. The molecule has 0 saturated carbocycles. The molecule has 0 radical (unpaired) electrons. The molecule has 1 N–H and O–H groups in total. The average molecular weight is 267 g/mol. The summed E-state index contributed by atoms with van der Waals surface area (Å²) in [5.74, 6) is -2.03. The molecule has 1 aromatic carbocycles. The molecular weight excluding hydrogens is 252 g/mol. The van der Waals surface area contributed by atoms with E-state index in [9.17, 15) is 13.6 Å². The third-order valence-electron chi connectivity index (χ3n) is 2.48. The smallest absolute Gasteiger partial charge is 0.239 e. The molecule has 19 heavy (non-hydrogen) atoms. The summed E-state index contributed by atoms with van der Waals surface area (Å²) >= 11 is 0. The van der Waals surface area contributed by atoms with E-state index in [-0.39, 0.29) is 23.7 Å². The normalized spacial score (nSPS) is 9.84. The van der Waals surface area contributed by atoms with Crippen LogP contribution in [0.1, 0.15) is 18.9 Å². The fourth-order valence-corrected chi connectivity index (χ4v) is 1.61. The number of halogens is 2. The van der Waals surface area contributed by atoms with Crippen LogP contribution in [0.4, 0.5) is 14.5 Å². The molecule has 0 aliphatic heterocycles. The zero-order chi connectivity index (χ0) is 14.4. The van der Waals surface area contributed by atoms with Gasteiger partial charge in [0, 0.05) is 13.6 Å². The molecular formula is C13H15F2N3O. The van der Waals surface area contributed by atoms with Crippen LogP contribution in [0, 0.1) is 23.0 Å². The van der Waals surface area contributed by atoms with Gasteiger partial charge < -0.3 is 10.2 Å². The van der Waals surface area contributed by atoms with Crippen LogP contribution in [-0.4, -0.2) is 26.0 Å². The van der Waals surface area contributed by atoms with Crippen molar-refractivity contribution in [3.63, 3.8) is 0 Å². The fraction of sp³-hybridized carbons (Fsp3) is 0.385. The summed E-state index contributed by atoms with van der Waals surface area (Å²) in [6.07, 6.45) is 0.787. The number of likely N-dealkylation sites (N-methyl/N-ethyl adjacent to an activating group) is 1. The van der Waals surface area contributed by atoms with Gasteiger partial charge in [0.2, 0.25) is 5.91 Å². The Hall–Kier alpha value is -2.16. The molecule has 0 unspecified atom stereocenters. The molecule has 0 fully saturated rings. The van der Waals surface area contributed by atoms with Gasteiger partial charge in [-0.15, -0.1) is 0 Å². The molecule has 0 bridgehead atoms. The first-order valence-electron chi connectivity index (χ1n) is 5.86. The number of hydrogen-bond acceptors (Lipinski definition) is 3. The van der Waals surface area contributed by atoms with Crippen molar-refractivity contribution in [2.75, 3.05) is 25.0 Å². The van der Waals surface area contributed by atoms with Crippen molar-refractivity contribution in [3.05, 3.63) is 29.3 Å². The monoisotopic (exact) mass is 267 g/mol. The minimum Gasteiger partial charge on any atom is -0.361 e. The van der Waals surface area contributed by atoms with Crippen LogP contribution in [0.5, 0.6) is 0 Å². The lowest BCUT2D eigenvalue weighted by atomic mass is 10.2. The third kappa shape index (κ3) is 3.91. The number of anilines is 1. The van der Waals surface area contributed by atoms with E-state index in [0.717, 1.165) is 18.6 Å². The van der Waals surface area contributed by atoms with E-state index in [0.29, 0.717) is 6.54 Å². The second-order valence-electron chi connectivity index (χ2n) is 4.11. The molecule has 0 spiro atoms. The summed E-state index contributed by atoms with van der Waals surface area (Å²) in [5.41, 5.74) is -0.409. The van der Waals surface area contributed by atoms with Crippen molar-refractivity contribution >= 4 is 11.6 Å². The zero-order valence-electron chi connectivity index (χ0n) is 10.8. The molecule has 0 saturated heterocycles. The Kier molecular flexibility index (Phi) is 5.24. The quantitative estimate of drug-likeness (QED) is 0.885. The number of nitriles is 1. The van der Waals surface area contributed by atoms with Crippen molar-refractivity contribution in [1.82, 2.24) is 5.32 Å². The van der Waals surface area contributed by atoms with Crippen molar-refractivity contribution in [2.24, 2.45) is 0 Å². The number of carbonyl (C=O) groups is 1. The minimum atomic E-state index is -0.859. The lowest BCUT2D eigenvalue weighted by Gasteiger charge is -2.20. The van der Waals surface area contributed by atoms with Gasteiger partial charge in [-0.25, -0.2) is 8.78 Å². The molecule has 6 heteroatoms. The molecule has 0 aliphatic rings. The Morgan fingerprint density at radius 1 is 1.42 bits per heavy atom. The molecule has 4 nitrogen and oxygen atoms in total. The number of carbonyl (C=O) groups excluding carboxylic acids is 1. The second-order valence-corrected chi connectivity index (χ2v) is 4.11. The fourth-order valence-electron chi connectivity index (χ4n) is 1.61. The maximum absolute atomic E-state index is 13.7. The van der Waals surface area contributed by atoms with Gasteiger partial charge in [-0.3, -0.25) is 4.79 Å². The van der Waals surface area contributed by atoms with E-state index < -0.39 is 11.6 Å². The molecule has 0 atom stereocenters. The summed E-state index contributed by atoms with van der Waals surface area (Å²) in [6, 6.07) is 3.55. The van der Waals surface area contributed by atoms with Crippen molar-refractivity contribution in [2.45, 2.75) is 13.3 Å². The molecule has 1 rings (SSSR count). The van der Waals surface area contributed by atoms with Gasteiger partial charge in [0.25, 0.3) is 0 Å². The molecule has 0 aliphatic carbocycles. The van der Waals surface area contributed by atoms with Gasteiger partial charge in [0.1, 0.15) is 5.69 Å². The van der Waals surface area contributed by atoms with E-state index in [1.165, 1.54) is 11.9 Å². The van der Waals surface area contributed by atoms with Gasteiger partial charge in [-0.05, 0) is 18.6 Å². The molecule has 1 aromatic rings. The summed E-state index contributed by atoms with van der Waals surface area (Å²) in [7, 11) is 1.42. The van der Waals surface area contributed by atoms with Gasteiger partial charge in [0.15, 0.2) is 11.6 Å². The predicted molar refractivity (Wildman–Crippen MR) is 67.6 cm³/mol. The highest BCUT2D eigenvalue weighted by Crippen LogP contribution is 2.23. The Bertz CT molecular complexity index is 488. The second kappa shape index (κ2) is 6.69. The molecule has 102 valence electrons. The minimum absolute atomic E-state index is 0.0948. The van der Waals surface area contributed by atoms with E-state index in [1.807, 2.05) is 6.92 Å². The van der Waals surface area contributed by atoms with Crippen LogP contribution in [0.3, 0.4) is 0 Å². The largest absolute Gasteiger partial charge is 0.361 e. The summed E-state index contributed by atoms with van der Waals surface area (Å²) in [6.45, 7) is 2.27. The number of benzene rings is 1. The van der Waals surface area contributed by atoms with Crippen molar-refractivity contribution < 1.29 is 13.6 Å². The number of hydrogen-bond donors (Lipinski definition) is 1. The highest BCUT2D eigenvalue weighted by Gasteiger charge is 2.17. The number of nitrogens with one attached hydrogen (secondary N) is 1.